The number of alkyl carbamates (subject to hydrolysis) is 1. The van der Waals surface area contributed by atoms with E-state index in [1.54, 1.807) is 11.8 Å². The fraction of sp³-hybridized carbons (Fsp3) is 0.421. The quantitative estimate of drug-likeness (QED) is 0.138. The smallest absolute Gasteiger partial charge is 0.407 e. The van der Waals surface area contributed by atoms with E-state index in [0.29, 0.717) is 29.3 Å². The molecule has 4 rings (SSSR count). The van der Waals surface area contributed by atoms with Crippen molar-refractivity contribution < 1.29 is 33.4 Å². The summed E-state index contributed by atoms with van der Waals surface area (Å²) < 4.78 is 16.4. The first-order valence-corrected chi connectivity index (χ1v) is 16.7. The van der Waals surface area contributed by atoms with Crippen molar-refractivity contribution in [3.05, 3.63) is 89.5 Å². The Balaban J connectivity index is 1.45. The number of anilines is 1. The Morgan fingerprint density at radius 1 is 0.854 bits per heavy atom. The van der Waals surface area contributed by atoms with Crippen LogP contribution in [0.4, 0.5) is 10.5 Å². The van der Waals surface area contributed by atoms with Crippen molar-refractivity contribution in [2.45, 2.75) is 78.4 Å². The predicted octanol–water partition coefficient (Wildman–Crippen LogP) is 7.05. The van der Waals surface area contributed by atoms with Crippen molar-refractivity contribution in [1.82, 2.24) is 10.2 Å². The summed E-state index contributed by atoms with van der Waals surface area (Å²) in [7, 11) is 0. The second-order valence-electron chi connectivity index (χ2n) is 12.8. The Bertz CT molecular complexity index is 1550. The average molecular weight is 658 g/mol. The molecule has 0 spiro atoms. The first-order chi connectivity index (χ1) is 23.0. The highest BCUT2D eigenvalue weighted by molar-refractivity contribution is 6.09. The second-order valence-corrected chi connectivity index (χ2v) is 12.8. The Kier molecular flexibility index (Phi) is 13.0. The molecule has 48 heavy (non-hydrogen) atoms. The van der Waals surface area contributed by atoms with Gasteiger partial charge in [-0.2, -0.15) is 0 Å². The topological polar surface area (TPSA) is 114 Å². The molecule has 3 amide bonds. The van der Waals surface area contributed by atoms with Crippen LogP contribution in [0.15, 0.2) is 72.8 Å². The van der Waals surface area contributed by atoms with Crippen LogP contribution in [0.5, 0.6) is 11.5 Å². The number of fused-ring (bicyclic) bond motifs is 1. The van der Waals surface area contributed by atoms with Gasteiger partial charge in [0.25, 0.3) is 5.91 Å². The molecule has 0 aromatic heterocycles. The van der Waals surface area contributed by atoms with Crippen LogP contribution in [-0.4, -0.2) is 60.6 Å². The summed E-state index contributed by atoms with van der Waals surface area (Å²) in [6.45, 7) is 8.20. The highest BCUT2D eigenvalue weighted by Crippen LogP contribution is 2.30. The normalized spacial score (nSPS) is 13.1. The van der Waals surface area contributed by atoms with Gasteiger partial charge in [0.2, 0.25) is 5.91 Å². The number of benzene rings is 3. The monoisotopic (exact) mass is 657 g/mol. The van der Waals surface area contributed by atoms with E-state index in [0.717, 1.165) is 43.2 Å². The van der Waals surface area contributed by atoms with Crippen LogP contribution in [-0.2, 0) is 32.0 Å². The molecule has 1 N–H and O–H groups in total. The molecular weight excluding hydrogens is 610 g/mol. The van der Waals surface area contributed by atoms with E-state index in [2.05, 4.69) is 5.32 Å². The van der Waals surface area contributed by atoms with Crippen molar-refractivity contribution in [3.8, 4) is 11.5 Å². The lowest BCUT2D eigenvalue weighted by molar-refractivity contribution is -0.143. The van der Waals surface area contributed by atoms with Crippen LogP contribution < -0.4 is 15.0 Å². The number of hydrogen-bond donors (Lipinski definition) is 1. The van der Waals surface area contributed by atoms with E-state index in [1.807, 2.05) is 93.6 Å². The second kappa shape index (κ2) is 17.3. The summed E-state index contributed by atoms with van der Waals surface area (Å²) in [5, 5.41) is 2.79. The minimum absolute atomic E-state index is 0.00351. The van der Waals surface area contributed by atoms with Crippen molar-refractivity contribution in [1.29, 1.82) is 0 Å². The molecule has 10 nitrogen and oxygen atoms in total. The number of carbonyl (C=O) groups excluding carboxylic acids is 4. The summed E-state index contributed by atoms with van der Waals surface area (Å²) in [5.41, 5.74) is 2.28. The largest absolute Gasteiger partial charge is 0.466 e. The third-order valence-corrected chi connectivity index (χ3v) is 7.67. The molecule has 10 heteroatoms. The summed E-state index contributed by atoms with van der Waals surface area (Å²) in [6, 6.07) is 22.7. The van der Waals surface area contributed by atoms with Crippen LogP contribution in [0.2, 0.25) is 0 Å². The molecule has 256 valence electrons. The van der Waals surface area contributed by atoms with Crippen LogP contribution in [0, 0.1) is 0 Å². The SMILES string of the molecule is CCOC(=O)CCN1CC(=O)N(Cc2cccc(Oc3ccccc3)c2)c2ccc(CCCCCCNC(=O)OC(C)(C)C)cc2C1=O. The maximum atomic E-state index is 13.9. The number of ether oxygens (including phenoxy) is 3. The molecule has 0 bridgehead atoms. The van der Waals surface area contributed by atoms with Gasteiger partial charge in [-0.05, 0) is 94.5 Å². The van der Waals surface area contributed by atoms with Gasteiger partial charge >= 0.3 is 12.1 Å². The fourth-order valence-electron chi connectivity index (χ4n) is 5.41. The predicted molar refractivity (Wildman–Crippen MR) is 184 cm³/mol. The van der Waals surface area contributed by atoms with Crippen LogP contribution >= 0.6 is 0 Å². The lowest BCUT2D eigenvalue weighted by atomic mass is 10.0. The van der Waals surface area contributed by atoms with Crippen molar-refractivity contribution in [3.63, 3.8) is 0 Å². The first kappa shape index (κ1) is 36.0. The van der Waals surface area contributed by atoms with E-state index < -0.39 is 17.7 Å². The van der Waals surface area contributed by atoms with Gasteiger partial charge in [0.05, 0.1) is 30.8 Å². The number of unbranched alkanes of at least 4 members (excludes halogenated alkanes) is 3. The molecule has 0 fully saturated rings. The third-order valence-electron chi connectivity index (χ3n) is 7.67. The molecule has 0 saturated carbocycles. The molecule has 3 aromatic carbocycles. The molecule has 0 radical (unpaired) electrons. The number of esters is 1. The van der Waals surface area contributed by atoms with Crippen LogP contribution in [0.1, 0.15) is 81.3 Å². The summed E-state index contributed by atoms with van der Waals surface area (Å²) in [6.07, 6.45) is 4.00. The maximum absolute atomic E-state index is 13.9. The lowest BCUT2D eigenvalue weighted by Crippen LogP contribution is -2.40. The molecule has 0 atom stereocenters. The van der Waals surface area contributed by atoms with Crippen molar-refractivity contribution in [2.75, 3.05) is 31.1 Å². The standard InChI is InChI=1S/C38H47N3O7/c1-5-46-35(43)21-23-40-27-34(42)41(26-29-15-13-18-31(24-29)47-30-16-10-8-11-17-30)33-20-19-28(25-32(33)36(40)44)14-9-6-7-12-22-39-37(45)48-38(2,3)4/h8,10-11,13,15-20,24-25H,5-7,9,12,14,21-23,26-27H2,1-4H3,(H,39,45). The first-order valence-electron chi connectivity index (χ1n) is 16.7. The van der Waals surface area contributed by atoms with Crippen molar-refractivity contribution >= 4 is 29.6 Å². The molecule has 0 unspecified atom stereocenters. The van der Waals surface area contributed by atoms with E-state index >= 15 is 0 Å². The Labute approximate surface area is 283 Å². The van der Waals surface area contributed by atoms with E-state index in [1.165, 1.54) is 4.90 Å². The number of para-hydroxylation sites is 1. The molecule has 1 aliphatic heterocycles. The van der Waals surface area contributed by atoms with Crippen LogP contribution in [0.3, 0.4) is 0 Å². The zero-order chi connectivity index (χ0) is 34.5. The molecular formula is C38H47N3O7. The number of aryl methyl sites for hydroxylation is 1. The van der Waals surface area contributed by atoms with Gasteiger partial charge in [-0.3, -0.25) is 14.4 Å². The fourth-order valence-corrected chi connectivity index (χ4v) is 5.41. The maximum Gasteiger partial charge on any atom is 0.407 e. The van der Waals surface area contributed by atoms with Gasteiger partial charge in [0.15, 0.2) is 0 Å². The summed E-state index contributed by atoms with van der Waals surface area (Å²) in [4.78, 5) is 54.7. The zero-order valence-electron chi connectivity index (χ0n) is 28.5. The summed E-state index contributed by atoms with van der Waals surface area (Å²) >= 11 is 0. The number of nitrogens with zero attached hydrogens (tertiary/aromatic N) is 2. The molecule has 0 aliphatic carbocycles. The summed E-state index contributed by atoms with van der Waals surface area (Å²) in [5.74, 6) is 0.404. The lowest BCUT2D eigenvalue weighted by Gasteiger charge is -2.23. The van der Waals surface area contributed by atoms with Gasteiger partial charge in [0.1, 0.15) is 23.6 Å². The molecule has 3 aromatic rings. The number of rotatable bonds is 15. The van der Waals surface area contributed by atoms with Gasteiger partial charge in [0, 0.05) is 13.1 Å². The van der Waals surface area contributed by atoms with Gasteiger partial charge in [-0.15, -0.1) is 0 Å². The van der Waals surface area contributed by atoms with Gasteiger partial charge in [-0.25, -0.2) is 4.79 Å². The minimum Gasteiger partial charge on any atom is -0.466 e. The van der Waals surface area contributed by atoms with Gasteiger partial charge in [-0.1, -0.05) is 49.2 Å². The number of carbonyl (C=O) groups is 4. The Morgan fingerprint density at radius 2 is 1.60 bits per heavy atom. The molecule has 0 saturated heterocycles. The number of hydrogen-bond acceptors (Lipinski definition) is 7. The Morgan fingerprint density at radius 3 is 2.35 bits per heavy atom. The van der Waals surface area contributed by atoms with E-state index in [9.17, 15) is 19.2 Å². The number of nitrogens with one attached hydrogen (secondary N) is 1. The van der Waals surface area contributed by atoms with E-state index in [4.69, 9.17) is 14.2 Å². The molecule has 1 aliphatic rings. The van der Waals surface area contributed by atoms with Crippen molar-refractivity contribution in [2.24, 2.45) is 0 Å². The third kappa shape index (κ3) is 11.1. The highest BCUT2D eigenvalue weighted by Gasteiger charge is 2.32. The Hall–Kier alpha value is -4.86. The zero-order valence-corrected chi connectivity index (χ0v) is 28.5. The minimum atomic E-state index is -0.524. The van der Waals surface area contributed by atoms with Crippen LogP contribution in [0.25, 0.3) is 0 Å². The number of amides is 3. The van der Waals surface area contributed by atoms with Gasteiger partial charge < -0.3 is 29.3 Å². The average Bonchev–Trinajstić information content (AvgIpc) is 3.13. The van der Waals surface area contributed by atoms with E-state index in [-0.39, 0.29) is 44.5 Å². The molecule has 1 heterocycles. The highest BCUT2D eigenvalue weighted by atomic mass is 16.6.